The summed E-state index contributed by atoms with van der Waals surface area (Å²) in [5, 5.41) is 3.01. The molecule has 3 nitrogen and oxygen atoms in total. The van der Waals surface area contributed by atoms with E-state index in [9.17, 15) is 9.18 Å². The Morgan fingerprint density at radius 2 is 2.28 bits per heavy atom. The van der Waals surface area contributed by atoms with Crippen molar-refractivity contribution in [3.8, 4) is 0 Å². The monoisotopic (exact) mass is 315 g/mol. The van der Waals surface area contributed by atoms with Crippen molar-refractivity contribution in [1.29, 1.82) is 0 Å². The van der Waals surface area contributed by atoms with Crippen molar-refractivity contribution in [3.63, 3.8) is 0 Å². The number of esters is 1. The van der Waals surface area contributed by atoms with E-state index in [-0.39, 0.29) is 11.8 Å². The van der Waals surface area contributed by atoms with Crippen LogP contribution in [0.15, 0.2) is 22.7 Å². The van der Waals surface area contributed by atoms with Crippen molar-refractivity contribution in [2.45, 2.75) is 19.3 Å². The van der Waals surface area contributed by atoms with Crippen LogP contribution < -0.4 is 5.32 Å². The molecule has 0 atom stereocenters. The van der Waals surface area contributed by atoms with E-state index in [0.717, 1.165) is 23.7 Å². The van der Waals surface area contributed by atoms with E-state index < -0.39 is 5.41 Å². The van der Waals surface area contributed by atoms with Crippen molar-refractivity contribution in [2.75, 3.05) is 19.0 Å². The van der Waals surface area contributed by atoms with Gasteiger partial charge in [-0.1, -0.05) is 22.4 Å². The fraction of sp³-hybridized carbons (Fsp3) is 0.462. The van der Waals surface area contributed by atoms with E-state index >= 15 is 0 Å². The lowest BCUT2D eigenvalue weighted by Gasteiger charge is -2.39. The van der Waals surface area contributed by atoms with Gasteiger partial charge in [0.25, 0.3) is 0 Å². The van der Waals surface area contributed by atoms with Gasteiger partial charge in [-0.3, -0.25) is 4.79 Å². The number of ether oxygens (including phenoxy) is 1. The summed E-state index contributed by atoms with van der Waals surface area (Å²) in [7, 11) is 1.39. The highest BCUT2D eigenvalue weighted by molar-refractivity contribution is 9.10. The Labute approximate surface area is 114 Å². The molecule has 1 aromatic rings. The molecule has 0 amide bonds. The molecule has 0 spiro atoms. The van der Waals surface area contributed by atoms with Gasteiger partial charge >= 0.3 is 5.97 Å². The molecule has 0 radical (unpaired) electrons. The van der Waals surface area contributed by atoms with E-state index in [4.69, 9.17) is 4.74 Å². The van der Waals surface area contributed by atoms with E-state index in [2.05, 4.69) is 21.2 Å². The molecule has 5 heteroatoms. The van der Waals surface area contributed by atoms with Gasteiger partial charge in [0.2, 0.25) is 0 Å². The Morgan fingerprint density at radius 1 is 1.56 bits per heavy atom. The Kier molecular flexibility index (Phi) is 3.90. The molecule has 0 bridgehead atoms. The van der Waals surface area contributed by atoms with Crippen LogP contribution in [-0.2, 0) is 9.53 Å². The third-order valence-electron chi connectivity index (χ3n) is 3.47. The lowest BCUT2D eigenvalue weighted by Crippen LogP contribution is -2.44. The third kappa shape index (κ3) is 2.51. The summed E-state index contributed by atoms with van der Waals surface area (Å²) in [4.78, 5) is 11.7. The quantitative estimate of drug-likeness (QED) is 0.866. The van der Waals surface area contributed by atoms with Gasteiger partial charge in [-0.2, -0.15) is 0 Å². The third-order valence-corrected chi connectivity index (χ3v) is 3.97. The van der Waals surface area contributed by atoms with Gasteiger partial charge in [0.05, 0.1) is 18.2 Å². The van der Waals surface area contributed by atoms with Crippen LogP contribution in [0.3, 0.4) is 0 Å². The Bertz CT molecular complexity index is 460. The molecule has 1 aliphatic rings. The van der Waals surface area contributed by atoms with Crippen LogP contribution in [0.1, 0.15) is 19.3 Å². The number of halogens is 2. The number of benzene rings is 1. The number of nitrogens with one attached hydrogen (secondary N) is 1. The van der Waals surface area contributed by atoms with E-state index in [1.807, 2.05) is 0 Å². The van der Waals surface area contributed by atoms with E-state index in [0.29, 0.717) is 12.2 Å². The second-order valence-corrected chi connectivity index (χ2v) is 5.52. The maximum Gasteiger partial charge on any atom is 0.313 e. The summed E-state index contributed by atoms with van der Waals surface area (Å²) >= 11 is 3.29. The summed E-state index contributed by atoms with van der Waals surface area (Å²) < 4.78 is 19.2. The maximum absolute atomic E-state index is 13.6. The first-order valence-electron chi connectivity index (χ1n) is 5.85. The zero-order chi connectivity index (χ0) is 13.2. The van der Waals surface area contributed by atoms with Crippen LogP contribution in [0.2, 0.25) is 0 Å². The van der Waals surface area contributed by atoms with Crippen LogP contribution in [0, 0.1) is 11.2 Å². The zero-order valence-electron chi connectivity index (χ0n) is 10.1. The molecule has 98 valence electrons. The van der Waals surface area contributed by atoms with Crippen LogP contribution in [0.5, 0.6) is 0 Å². The van der Waals surface area contributed by atoms with Gasteiger partial charge in [0, 0.05) is 11.0 Å². The zero-order valence-corrected chi connectivity index (χ0v) is 11.7. The summed E-state index contributed by atoms with van der Waals surface area (Å²) in [6.45, 7) is 0.410. The average molecular weight is 316 g/mol. The van der Waals surface area contributed by atoms with Gasteiger partial charge in [-0.25, -0.2) is 4.39 Å². The minimum Gasteiger partial charge on any atom is -0.469 e. The van der Waals surface area contributed by atoms with E-state index in [1.54, 1.807) is 12.1 Å². The number of anilines is 1. The predicted octanol–water partition coefficient (Wildman–Crippen LogP) is 3.34. The Morgan fingerprint density at radius 3 is 2.83 bits per heavy atom. The van der Waals surface area contributed by atoms with Crippen LogP contribution >= 0.6 is 15.9 Å². The normalized spacial score (nSPS) is 16.8. The molecule has 0 aromatic heterocycles. The summed E-state index contributed by atoms with van der Waals surface area (Å²) in [5.74, 6) is -0.533. The fourth-order valence-corrected chi connectivity index (χ4v) is 2.53. The number of methoxy groups -OCH3 is 1. The van der Waals surface area contributed by atoms with E-state index in [1.165, 1.54) is 13.2 Å². The molecule has 1 aliphatic carbocycles. The highest BCUT2D eigenvalue weighted by atomic mass is 79.9. The summed E-state index contributed by atoms with van der Waals surface area (Å²) in [6, 6.07) is 4.69. The number of carbonyl (C=O) groups is 1. The molecular weight excluding hydrogens is 301 g/mol. The highest BCUT2D eigenvalue weighted by Gasteiger charge is 2.45. The average Bonchev–Trinajstić information content (AvgIpc) is 2.31. The fourth-order valence-electron chi connectivity index (χ4n) is 2.17. The molecular formula is C13H15BrFNO2. The molecule has 1 aromatic carbocycles. The van der Waals surface area contributed by atoms with Gasteiger partial charge < -0.3 is 10.1 Å². The van der Waals surface area contributed by atoms with Gasteiger partial charge in [0.1, 0.15) is 5.82 Å². The molecule has 2 rings (SSSR count). The smallest absolute Gasteiger partial charge is 0.313 e. The van der Waals surface area contributed by atoms with Crippen LogP contribution in [0.25, 0.3) is 0 Å². The van der Waals surface area contributed by atoms with Gasteiger partial charge in [-0.05, 0) is 31.0 Å². The van der Waals surface area contributed by atoms with Gasteiger partial charge in [0.15, 0.2) is 0 Å². The molecule has 1 fully saturated rings. The maximum atomic E-state index is 13.6. The molecule has 1 saturated carbocycles. The second-order valence-electron chi connectivity index (χ2n) is 4.60. The molecule has 0 saturated heterocycles. The largest absolute Gasteiger partial charge is 0.469 e. The van der Waals surface area contributed by atoms with Crippen molar-refractivity contribution < 1.29 is 13.9 Å². The van der Waals surface area contributed by atoms with Crippen LogP contribution in [0.4, 0.5) is 10.1 Å². The molecule has 0 heterocycles. The molecule has 1 N–H and O–H groups in total. The lowest BCUT2D eigenvalue weighted by molar-refractivity contribution is -0.157. The lowest BCUT2D eigenvalue weighted by atomic mass is 9.68. The topological polar surface area (TPSA) is 38.3 Å². The van der Waals surface area contributed by atoms with Crippen molar-refractivity contribution in [1.82, 2.24) is 0 Å². The number of hydrogen-bond acceptors (Lipinski definition) is 3. The van der Waals surface area contributed by atoms with Crippen molar-refractivity contribution in [3.05, 3.63) is 28.5 Å². The predicted molar refractivity (Wildman–Crippen MR) is 70.9 cm³/mol. The first-order valence-corrected chi connectivity index (χ1v) is 6.64. The first-order chi connectivity index (χ1) is 8.57. The number of hydrogen-bond donors (Lipinski definition) is 1. The standard InChI is InChI=1S/C13H15BrFNO2/c1-18-12(17)13(5-2-6-13)8-16-11-7-9(14)3-4-10(11)15/h3-4,7,16H,2,5-6,8H2,1H3. The van der Waals surface area contributed by atoms with Crippen LogP contribution in [-0.4, -0.2) is 19.6 Å². The Balaban J connectivity index is 2.06. The molecule has 0 unspecified atom stereocenters. The minimum atomic E-state index is -0.483. The summed E-state index contributed by atoms with van der Waals surface area (Å²) in [6.07, 6.45) is 2.60. The highest BCUT2D eigenvalue weighted by Crippen LogP contribution is 2.42. The second kappa shape index (κ2) is 5.26. The van der Waals surface area contributed by atoms with Crippen molar-refractivity contribution in [2.24, 2.45) is 5.41 Å². The molecule has 18 heavy (non-hydrogen) atoms. The number of carbonyl (C=O) groups excluding carboxylic acids is 1. The van der Waals surface area contributed by atoms with Crippen molar-refractivity contribution >= 4 is 27.6 Å². The Hall–Kier alpha value is -1.10. The minimum absolute atomic E-state index is 0.211. The van der Waals surface area contributed by atoms with Gasteiger partial charge in [-0.15, -0.1) is 0 Å². The SMILES string of the molecule is COC(=O)C1(CNc2cc(Br)ccc2F)CCC1. The number of rotatable bonds is 4. The first kappa shape index (κ1) is 13.3. The summed E-state index contributed by atoms with van der Waals surface area (Å²) in [5.41, 5.74) is -0.0803. The molecule has 0 aliphatic heterocycles.